The van der Waals surface area contributed by atoms with E-state index in [-0.39, 0.29) is 24.7 Å². The Morgan fingerprint density at radius 2 is 1.83 bits per heavy atom. The fourth-order valence-corrected chi connectivity index (χ4v) is 2.08. The van der Waals surface area contributed by atoms with Crippen molar-refractivity contribution in [1.29, 1.82) is 0 Å². The Kier molecular flexibility index (Phi) is 6.99. The molecule has 0 aromatic carbocycles. The van der Waals surface area contributed by atoms with E-state index in [0.29, 0.717) is 16.8 Å². The maximum atomic E-state index is 12.2. The molecule has 23 heavy (non-hydrogen) atoms. The molecule has 0 aliphatic carbocycles. The molecule has 0 saturated heterocycles. The van der Waals surface area contributed by atoms with Crippen molar-refractivity contribution < 1.29 is 23.9 Å². The van der Waals surface area contributed by atoms with E-state index in [4.69, 9.17) is 9.47 Å². The predicted molar refractivity (Wildman–Crippen MR) is 85.5 cm³/mol. The number of carbonyl (C=O) groups is 3. The molecule has 1 aromatic rings. The molecule has 1 aromatic heterocycles. The van der Waals surface area contributed by atoms with Gasteiger partial charge in [-0.3, -0.25) is 4.79 Å². The van der Waals surface area contributed by atoms with Gasteiger partial charge >= 0.3 is 11.9 Å². The molecule has 0 unspecified atom stereocenters. The van der Waals surface area contributed by atoms with Crippen LogP contribution in [0, 0.1) is 13.8 Å². The van der Waals surface area contributed by atoms with Gasteiger partial charge in [-0.2, -0.15) is 0 Å². The average molecular weight is 319 g/mol. The summed E-state index contributed by atoms with van der Waals surface area (Å²) in [5.74, 6) is -1.49. The van der Waals surface area contributed by atoms with Crippen LogP contribution >= 0.6 is 0 Å². The first-order valence-corrected chi connectivity index (χ1v) is 7.27. The lowest BCUT2D eigenvalue weighted by molar-refractivity contribution is -0.136. The monoisotopic (exact) mass is 319 g/mol. The van der Waals surface area contributed by atoms with Crippen LogP contribution in [0.2, 0.25) is 0 Å². The predicted octanol–water partition coefficient (Wildman–Crippen LogP) is 2.67. The van der Waals surface area contributed by atoms with Crippen molar-refractivity contribution in [2.24, 2.45) is 0 Å². The van der Waals surface area contributed by atoms with E-state index in [2.05, 4.69) is 4.98 Å². The number of ketones is 1. The second-order valence-electron chi connectivity index (χ2n) is 4.76. The molecule has 124 valence electrons. The maximum Gasteiger partial charge on any atom is 0.355 e. The van der Waals surface area contributed by atoms with Crippen LogP contribution in [-0.4, -0.2) is 35.9 Å². The fourth-order valence-electron chi connectivity index (χ4n) is 2.08. The summed E-state index contributed by atoms with van der Waals surface area (Å²) >= 11 is 0. The standard InChI is InChI=1S/C17H21NO5/c1-5-7-8-9-14(20)23-10-13(19)15-11(3)16(18-12(15)4)17(21)22-6-2/h5,7-9,18H,6,10H2,1-4H3/b7-5+,9-8+. The number of allylic oxidation sites excluding steroid dienone is 3. The van der Waals surface area contributed by atoms with Crippen molar-refractivity contribution in [1.82, 2.24) is 4.98 Å². The molecule has 1 N–H and O–H groups in total. The van der Waals surface area contributed by atoms with Crippen molar-refractivity contribution in [3.8, 4) is 0 Å². The Hall–Kier alpha value is -2.63. The van der Waals surface area contributed by atoms with Gasteiger partial charge in [-0.05, 0) is 33.3 Å². The fraction of sp³-hybridized carbons (Fsp3) is 0.353. The number of H-pyrrole nitrogens is 1. The van der Waals surface area contributed by atoms with Gasteiger partial charge in [-0.25, -0.2) is 9.59 Å². The Labute approximate surface area is 135 Å². The molecule has 1 rings (SSSR count). The summed E-state index contributed by atoms with van der Waals surface area (Å²) in [4.78, 5) is 38.3. The number of hydrogen-bond acceptors (Lipinski definition) is 5. The van der Waals surface area contributed by atoms with Crippen LogP contribution in [0.15, 0.2) is 24.3 Å². The number of hydrogen-bond donors (Lipinski definition) is 1. The lowest BCUT2D eigenvalue weighted by Crippen LogP contribution is -2.14. The molecule has 1 heterocycles. The smallest absolute Gasteiger partial charge is 0.355 e. The molecule has 0 saturated carbocycles. The van der Waals surface area contributed by atoms with E-state index in [1.54, 1.807) is 32.9 Å². The molecule has 0 bridgehead atoms. The molecule has 6 heteroatoms. The first-order chi connectivity index (χ1) is 10.9. The van der Waals surface area contributed by atoms with Crippen LogP contribution in [0.1, 0.15) is 46.0 Å². The molecule has 0 aliphatic rings. The zero-order valence-corrected chi connectivity index (χ0v) is 13.8. The lowest BCUT2D eigenvalue weighted by Gasteiger charge is -2.03. The van der Waals surface area contributed by atoms with Gasteiger partial charge in [0.05, 0.1) is 6.61 Å². The molecule has 0 fully saturated rings. The maximum absolute atomic E-state index is 12.2. The van der Waals surface area contributed by atoms with Crippen molar-refractivity contribution in [3.05, 3.63) is 46.8 Å². The normalized spacial score (nSPS) is 11.1. The van der Waals surface area contributed by atoms with Crippen LogP contribution in [0.4, 0.5) is 0 Å². The van der Waals surface area contributed by atoms with Crippen LogP contribution in [-0.2, 0) is 14.3 Å². The third-order valence-corrected chi connectivity index (χ3v) is 3.08. The average Bonchev–Trinajstić information content (AvgIpc) is 2.80. The highest BCUT2D eigenvalue weighted by molar-refractivity contribution is 6.03. The third-order valence-electron chi connectivity index (χ3n) is 3.08. The number of rotatable bonds is 7. The summed E-state index contributed by atoms with van der Waals surface area (Å²) in [6, 6.07) is 0. The summed E-state index contributed by atoms with van der Waals surface area (Å²) < 4.78 is 9.82. The molecule has 0 aliphatic heterocycles. The van der Waals surface area contributed by atoms with E-state index in [1.807, 2.05) is 6.92 Å². The number of carbonyl (C=O) groups excluding carboxylic acids is 3. The number of nitrogens with one attached hydrogen (secondary N) is 1. The number of Topliss-reactive ketones (excluding diaryl/α,β-unsaturated/α-hetero) is 1. The van der Waals surface area contributed by atoms with Gasteiger partial charge in [-0.15, -0.1) is 0 Å². The topological polar surface area (TPSA) is 85.5 Å². The van der Waals surface area contributed by atoms with Crippen LogP contribution in [0.3, 0.4) is 0 Å². The van der Waals surface area contributed by atoms with Gasteiger partial charge in [0, 0.05) is 17.3 Å². The molecule has 6 nitrogen and oxygen atoms in total. The largest absolute Gasteiger partial charge is 0.461 e. The van der Waals surface area contributed by atoms with E-state index in [1.165, 1.54) is 12.2 Å². The van der Waals surface area contributed by atoms with E-state index in [0.717, 1.165) is 0 Å². The number of aromatic amines is 1. The van der Waals surface area contributed by atoms with Crippen LogP contribution in [0.5, 0.6) is 0 Å². The molecule has 0 atom stereocenters. The van der Waals surface area contributed by atoms with Gasteiger partial charge < -0.3 is 14.5 Å². The summed E-state index contributed by atoms with van der Waals surface area (Å²) in [6.07, 6.45) is 6.19. The molecule has 0 amide bonds. The van der Waals surface area contributed by atoms with Gasteiger partial charge in [0.1, 0.15) is 5.69 Å². The first-order valence-electron chi connectivity index (χ1n) is 7.27. The van der Waals surface area contributed by atoms with Gasteiger partial charge in [0.15, 0.2) is 6.61 Å². The SMILES string of the molecule is C/C=C/C=C/C(=O)OCC(=O)c1c(C)[nH]c(C(=O)OCC)c1C. The highest BCUT2D eigenvalue weighted by Gasteiger charge is 2.23. The first kappa shape index (κ1) is 18.4. The molecular formula is C17H21NO5. The minimum atomic E-state index is -0.604. The van der Waals surface area contributed by atoms with E-state index in [9.17, 15) is 14.4 Å². The Morgan fingerprint density at radius 3 is 2.43 bits per heavy atom. The zero-order valence-electron chi connectivity index (χ0n) is 13.8. The zero-order chi connectivity index (χ0) is 17.4. The summed E-state index contributed by atoms with van der Waals surface area (Å²) in [6.45, 7) is 6.71. The second-order valence-corrected chi connectivity index (χ2v) is 4.76. The Bertz CT molecular complexity index is 652. The molecule has 0 spiro atoms. The van der Waals surface area contributed by atoms with Gasteiger partial charge in [-0.1, -0.05) is 18.2 Å². The van der Waals surface area contributed by atoms with E-state index < -0.39 is 11.9 Å². The Balaban J connectivity index is 2.81. The Morgan fingerprint density at radius 1 is 1.13 bits per heavy atom. The minimum absolute atomic E-state index is 0.243. The number of aryl methyl sites for hydroxylation is 1. The van der Waals surface area contributed by atoms with E-state index >= 15 is 0 Å². The van der Waals surface area contributed by atoms with Crippen LogP contribution < -0.4 is 0 Å². The summed E-state index contributed by atoms with van der Waals surface area (Å²) in [5, 5.41) is 0. The number of aromatic nitrogens is 1. The number of esters is 2. The van der Waals surface area contributed by atoms with Crippen LogP contribution in [0.25, 0.3) is 0 Å². The third kappa shape index (κ3) is 4.95. The number of ether oxygens (including phenoxy) is 2. The van der Waals surface area contributed by atoms with Crippen molar-refractivity contribution in [3.63, 3.8) is 0 Å². The molecule has 0 radical (unpaired) electrons. The van der Waals surface area contributed by atoms with Crippen molar-refractivity contribution in [2.75, 3.05) is 13.2 Å². The second kappa shape index (κ2) is 8.73. The summed E-state index contributed by atoms with van der Waals surface area (Å²) in [7, 11) is 0. The van der Waals surface area contributed by atoms with Crippen molar-refractivity contribution >= 4 is 17.7 Å². The highest BCUT2D eigenvalue weighted by Crippen LogP contribution is 2.19. The summed E-state index contributed by atoms with van der Waals surface area (Å²) in [5.41, 5.74) is 1.62. The quantitative estimate of drug-likeness (QED) is 0.361. The highest BCUT2D eigenvalue weighted by atomic mass is 16.5. The van der Waals surface area contributed by atoms with Gasteiger partial charge in [0.2, 0.25) is 5.78 Å². The van der Waals surface area contributed by atoms with Crippen molar-refractivity contribution in [2.45, 2.75) is 27.7 Å². The van der Waals surface area contributed by atoms with Gasteiger partial charge in [0.25, 0.3) is 0 Å². The lowest BCUT2D eigenvalue weighted by atomic mass is 10.1. The molecular weight excluding hydrogens is 298 g/mol. The minimum Gasteiger partial charge on any atom is -0.461 e.